The van der Waals surface area contributed by atoms with Gasteiger partial charge in [0, 0.05) is 6.07 Å². The SMILES string of the molecule is COc1cc(N=Nc2ccc(S(=O)(=O)O)cc2)ccc1N=Nc1ccc(O)cc1.[Na+]. The van der Waals surface area contributed by atoms with Gasteiger partial charge in [0.05, 0.1) is 29.1 Å². The van der Waals surface area contributed by atoms with Crippen molar-refractivity contribution in [3.63, 3.8) is 0 Å². The van der Waals surface area contributed by atoms with Crippen LogP contribution < -0.4 is 34.3 Å². The van der Waals surface area contributed by atoms with Gasteiger partial charge in [-0.1, -0.05) is 0 Å². The molecule has 30 heavy (non-hydrogen) atoms. The molecule has 148 valence electrons. The van der Waals surface area contributed by atoms with Crippen molar-refractivity contribution in [3.8, 4) is 11.5 Å². The molecule has 0 spiro atoms. The average molecular weight is 435 g/mol. The third kappa shape index (κ3) is 6.44. The Morgan fingerprint density at radius 2 is 1.27 bits per heavy atom. The van der Waals surface area contributed by atoms with E-state index in [0.717, 1.165) is 0 Å². The van der Waals surface area contributed by atoms with Gasteiger partial charge in [0.15, 0.2) is 0 Å². The van der Waals surface area contributed by atoms with Crippen LogP contribution in [-0.4, -0.2) is 25.2 Å². The molecule has 0 amide bonds. The molecule has 0 saturated carbocycles. The van der Waals surface area contributed by atoms with Crippen LogP contribution in [-0.2, 0) is 10.1 Å². The molecule has 3 aromatic carbocycles. The molecule has 11 heteroatoms. The van der Waals surface area contributed by atoms with Crippen LogP contribution in [0.1, 0.15) is 0 Å². The van der Waals surface area contributed by atoms with Gasteiger partial charge in [0.2, 0.25) is 0 Å². The predicted molar refractivity (Wildman–Crippen MR) is 106 cm³/mol. The summed E-state index contributed by atoms with van der Waals surface area (Å²) in [5.74, 6) is 0.578. The largest absolute Gasteiger partial charge is 1.00 e. The van der Waals surface area contributed by atoms with Crippen LogP contribution >= 0.6 is 0 Å². The standard InChI is InChI=1S/C19H16N4O5S.Na/c1-28-19-12-15(22-20-14-4-9-17(10-5-14)29(25,26)27)6-11-18(19)23-21-13-2-7-16(24)8-3-13;/h2-12,24H,1H3,(H,25,26,27);/q;+1. The van der Waals surface area contributed by atoms with Crippen molar-refractivity contribution in [1.82, 2.24) is 0 Å². The van der Waals surface area contributed by atoms with Crippen LogP contribution in [0.3, 0.4) is 0 Å². The van der Waals surface area contributed by atoms with Crippen molar-refractivity contribution >= 4 is 32.9 Å². The Morgan fingerprint density at radius 1 is 0.767 bits per heavy atom. The minimum Gasteiger partial charge on any atom is -0.508 e. The minimum absolute atomic E-state index is 0. The second-order valence-corrected chi connectivity index (χ2v) is 7.16. The number of nitrogens with zero attached hydrogens (tertiary/aromatic N) is 4. The Bertz CT molecular complexity index is 1160. The Balaban J connectivity index is 0.00000320. The van der Waals surface area contributed by atoms with Crippen LogP contribution in [0.15, 0.2) is 92.1 Å². The normalized spacial score (nSPS) is 11.5. The zero-order valence-electron chi connectivity index (χ0n) is 16.2. The van der Waals surface area contributed by atoms with Crippen LogP contribution in [0.2, 0.25) is 0 Å². The molecule has 0 aliphatic carbocycles. The number of ether oxygens (including phenoxy) is 1. The van der Waals surface area contributed by atoms with Gasteiger partial charge in [-0.05, 0) is 60.7 Å². The van der Waals surface area contributed by atoms with E-state index in [1.165, 1.54) is 43.5 Å². The van der Waals surface area contributed by atoms with Gasteiger partial charge in [-0.2, -0.15) is 23.8 Å². The quantitative estimate of drug-likeness (QED) is 0.349. The fourth-order valence-corrected chi connectivity index (χ4v) is 2.72. The first kappa shape index (κ1) is 23.6. The summed E-state index contributed by atoms with van der Waals surface area (Å²) >= 11 is 0. The number of phenols is 1. The summed E-state index contributed by atoms with van der Waals surface area (Å²) in [7, 11) is -2.76. The van der Waals surface area contributed by atoms with Crippen LogP contribution in [0.4, 0.5) is 22.7 Å². The van der Waals surface area contributed by atoms with Crippen molar-refractivity contribution in [2.45, 2.75) is 4.90 Å². The van der Waals surface area contributed by atoms with Crippen LogP contribution in [0.5, 0.6) is 11.5 Å². The zero-order valence-corrected chi connectivity index (χ0v) is 19.0. The Hall–Kier alpha value is -2.63. The summed E-state index contributed by atoms with van der Waals surface area (Å²) < 4.78 is 36.4. The molecule has 0 saturated heterocycles. The molecule has 3 rings (SSSR count). The second-order valence-electron chi connectivity index (χ2n) is 5.74. The summed E-state index contributed by atoms with van der Waals surface area (Å²) in [6.07, 6.45) is 0. The number of aromatic hydroxyl groups is 1. The summed E-state index contributed by atoms with van der Waals surface area (Å²) in [6.45, 7) is 0. The van der Waals surface area contributed by atoms with E-state index in [2.05, 4.69) is 20.5 Å². The predicted octanol–water partition coefficient (Wildman–Crippen LogP) is 2.48. The molecule has 0 unspecified atom stereocenters. The molecule has 0 aliphatic rings. The second kappa shape index (κ2) is 10.4. The summed E-state index contributed by atoms with van der Waals surface area (Å²) in [5.41, 5.74) is 1.95. The third-order valence-electron chi connectivity index (χ3n) is 3.70. The van der Waals surface area contributed by atoms with Crippen molar-refractivity contribution in [2.24, 2.45) is 20.5 Å². The van der Waals surface area contributed by atoms with E-state index in [4.69, 9.17) is 9.29 Å². The minimum atomic E-state index is -4.25. The van der Waals surface area contributed by atoms with E-state index in [1.54, 1.807) is 30.3 Å². The van der Waals surface area contributed by atoms with Gasteiger partial charge in [-0.15, -0.1) is 5.11 Å². The fraction of sp³-hybridized carbons (Fsp3) is 0.0526. The molecule has 2 N–H and O–H groups in total. The van der Waals surface area contributed by atoms with Crippen LogP contribution in [0, 0.1) is 0 Å². The molecule has 0 aliphatic heterocycles. The molecule has 0 aromatic heterocycles. The van der Waals surface area contributed by atoms with E-state index in [9.17, 15) is 13.5 Å². The number of azo groups is 2. The Labute approximate surface area is 195 Å². The molecule has 0 heterocycles. The molecule has 3 aromatic rings. The molecule has 0 fully saturated rings. The van der Waals surface area contributed by atoms with Crippen molar-refractivity contribution in [1.29, 1.82) is 0 Å². The van der Waals surface area contributed by atoms with E-state index >= 15 is 0 Å². The monoisotopic (exact) mass is 435 g/mol. The molecule has 9 nitrogen and oxygen atoms in total. The zero-order chi connectivity index (χ0) is 20.9. The average Bonchev–Trinajstić information content (AvgIpc) is 2.71. The summed E-state index contributed by atoms with van der Waals surface area (Å²) in [5, 5.41) is 25.6. The topological polar surface area (TPSA) is 133 Å². The molecule has 0 bridgehead atoms. The van der Waals surface area contributed by atoms with E-state index < -0.39 is 10.1 Å². The first-order valence-corrected chi connectivity index (χ1v) is 9.67. The first-order valence-electron chi connectivity index (χ1n) is 8.23. The third-order valence-corrected chi connectivity index (χ3v) is 4.57. The number of hydrogen-bond acceptors (Lipinski definition) is 8. The van der Waals surface area contributed by atoms with Gasteiger partial charge >= 0.3 is 29.6 Å². The summed E-state index contributed by atoms with van der Waals surface area (Å²) in [6, 6.07) is 16.5. The number of rotatable bonds is 6. The first-order chi connectivity index (χ1) is 13.8. The van der Waals surface area contributed by atoms with E-state index in [1.807, 2.05) is 0 Å². The maximum atomic E-state index is 11.0. The van der Waals surface area contributed by atoms with E-state index in [0.29, 0.717) is 28.5 Å². The number of benzene rings is 3. The van der Waals surface area contributed by atoms with Crippen molar-refractivity contribution in [3.05, 3.63) is 66.7 Å². The summed E-state index contributed by atoms with van der Waals surface area (Å²) in [4.78, 5) is -0.221. The van der Waals surface area contributed by atoms with Crippen LogP contribution in [0.25, 0.3) is 0 Å². The van der Waals surface area contributed by atoms with Crippen molar-refractivity contribution in [2.75, 3.05) is 7.11 Å². The molecule has 0 radical (unpaired) electrons. The maximum absolute atomic E-state index is 11.0. The smallest absolute Gasteiger partial charge is 0.508 e. The maximum Gasteiger partial charge on any atom is 1.00 e. The van der Waals surface area contributed by atoms with Gasteiger partial charge in [-0.25, -0.2) is 0 Å². The number of methoxy groups -OCH3 is 1. The Morgan fingerprint density at radius 3 is 1.83 bits per heavy atom. The van der Waals surface area contributed by atoms with Gasteiger partial charge in [0.1, 0.15) is 17.2 Å². The van der Waals surface area contributed by atoms with Gasteiger partial charge < -0.3 is 9.84 Å². The number of hydrogen-bond donors (Lipinski definition) is 2. The van der Waals surface area contributed by atoms with Crippen molar-refractivity contribution < 1.29 is 52.4 Å². The van der Waals surface area contributed by atoms with Gasteiger partial charge in [-0.3, -0.25) is 4.55 Å². The molecular weight excluding hydrogens is 419 g/mol. The number of phenolic OH excluding ortho intramolecular Hbond substituents is 1. The molecular formula is C19H16N4NaO5S+. The molecule has 0 atom stereocenters. The van der Waals surface area contributed by atoms with E-state index in [-0.39, 0.29) is 40.2 Å². The van der Waals surface area contributed by atoms with Gasteiger partial charge in [0.25, 0.3) is 10.1 Å². The fourth-order valence-electron chi connectivity index (χ4n) is 2.24. The Kier molecular flexibility index (Phi) is 8.21.